The molecule has 1 aromatic carbocycles. The summed E-state index contributed by atoms with van der Waals surface area (Å²) in [6.45, 7) is 3.10. The van der Waals surface area contributed by atoms with Gasteiger partial charge in [0.15, 0.2) is 0 Å². The van der Waals surface area contributed by atoms with Crippen LogP contribution in [0.5, 0.6) is 0 Å². The van der Waals surface area contributed by atoms with Crippen molar-refractivity contribution >= 4 is 29.0 Å². The van der Waals surface area contributed by atoms with Crippen LogP contribution in [-0.2, 0) is 11.2 Å². The first-order valence-corrected chi connectivity index (χ1v) is 8.79. The molecule has 23 heavy (non-hydrogen) atoms. The summed E-state index contributed by atoms with van der Waals surface area (Å²) in [7, 11) is 0. The van der Waals surface area contributed by atoms with Crippen molar-refractivity contribution in [2.24, 2.45) is 0 Å². The topological polar surface area (TPSA) is 54.5 Å². The van der Waals surface area contributed by atoms with Crippen LogP contribution in [0.25, 0.3) is 10.6 Å². The largest absolute Gasteiger partial charge is 0.378 e. The minimum atomic E-state index is -0.0325. The average Bonchev–Trinajstić information content (AvgIpc) is 3.04. The third kappa shape index (κ3) is 4.22. The van der Waals surface area contributed by atoms with E-state index in [1.165, 1.54) is 0 Å². The Balaban J connectivity index is 1.51. The molecule has 5 nitrogen and oxygen atoms in total. The number of hydrogen-bond donors (Lipinski definition) is 1. The Bertz CT molecular complexity index is 671. The van der Waals surface area contributed by atoms with Gasteiger partial charge >= 0.3 is 6.03 Å². The number of urea groups is 1. The Hall–Kier alpha value is -1.63. The molecule has 0 atom stereocenters. The summed E-state index contributed by atoms with van der Waals surface area (Å²) in [6, 6.07) is 7.65. The van der Waals surface area contributed by atoms with E-state index in [1.807, 2.05) is 29.6 Å². The first-order chi connectivity index (χ1) is 11.2. The second-order valence-electron chi connectivity index (χ2n) is 5.21. The zero-order chi connectivity index (χ0) is 16.1. The van der Waals surface area contributed by atoms with Crippen molar-refractivity contribution in [1.29, 1.82) is 0 Å². The van der Waals surface area contributed by atoms with E-state index in [2.05, 4.69) is 10.3 Å². The molecule has 2 heterocycles. The molecule has 2 aromatic rings. The summed E-state index contributed by atoms with van der Waals surface area (Å²) in [6.07, 6.45) is 0.705. The van der Waals surface area contributed by atoms with E-state index in [4.69, 9.17) is 16.3 Å². The van der Waals surface area contributed by atoms with Crippen LogP contribution in [0.2, 0.25) is 5.02 Å². The van der Waals surface area contributed by atoms with Gasteiger partial charge < -0.3 is 15.0 Å². The van der Waals surface area contributed by atoms with Gasteiger partial charge in [0.25, 0.3) is 0 Å². The van der Waals surface area contributed by atoms with Crippen molar-refractivity contribution in [2.75, 3.05) is 32.8 Å². The van der Waals surface area contributed by atoms with Gasteiger partial charge in [0.2, 0.25) is 0 Å². The Labute approximate surface area is 144 Å². The van der Waals surface area contributed by atoms with Gasteiger partial charge in [0, 0.05) is 37.0 Å². The van der Waals surface area contributed by atoms with Gasteiger partial charge in [0.05, 0.1) is 23.9 Å². The second-order valence-corrected chi connectivity index (χ2v) is 6.47. The lowest BCUT2D eigenvalue weighted by Crippen LogP contribution is -2.46. The minimum Gasteiger partial charge on any atom is -0.378 e. The number of rotatable bonds is 4. The third-order valence-corrected chi connectivity index (χ3v) is 4.87. The fourth-order valence-electron chi connectivity index (χ4n) is 2.36. The van der Waals surface area contributed by atoms with E-state index in [0.29, 0.717) is 44.3 Å². The Morgan fingerprint density at radius 2 is 2.13 bits per heavy atom. The smallest absolute Gasteiger partial charge is 0.317 e. The zero-order valence-corrected chi connectivity index (χ0v) is 14.2. The van der Waals surface area contributed by atoms with Crippen molar-refractivity contribution in [2.45, 2.75) is 6.42 Å². The van der Waals surface area contributed by atoms with E-state index in [0.717, 1.165) is 16.3 Å². The molecule has 3 rings (SSSR count). The number of hydrogen-bond acceptors (Lipinski definition) is 4. The number of benzene rings is 1. The molecule has 0 spiro atoms. The molecule has 7 heteroatoms. The first-order valence-electron chi connectivity index (χ1n) is 7.54. The fourth-order valence-corrected chi connectivity index (χ4v) is 3.53. The molecule has 1 saturated heterocycles. The first kappa shape index (κ1) is 16.2. The van der Waals surface area contributed by atoms with Crippen LogP contribution < -0.4 is 5.32 Å². The molecule has 1 aliphatic heterocycles. The molecular formula is C16H18ClN3O2S. The summed E-state index contributed by atoms with van der Waals surface area (Å²) in [4.78, 5) is 18.4. The van der Waals surface area contributed by atoms with Crippen LogP contribution in [0.3, 0.4) is 0 Å². The number of thiazole rings is 1. The lowest BCUT2D eigenvalue weighted by atomic mass is 10.2. The van der Waals surface area contributed by atoms with E-state index in [1.54, 1.807) is 16.2 Å². The molecular weight excluding hydrogens is 334 g/mol. The number of aromatic nitrogens is 1. The quantitative estimate of drug-likeness (QED) is 0.921. The molecule has 0 aliphatic carbocycles. The maximum Gasteiger partial charge on any atom is 0.317 e. The number of ether oxygens (including phenoxy) is 1. The molecule has 1 N–H and O–H groups in total. The lowest BCUT2D eigenvalue weighted by molar-refractivity contribution is 0.0533. The van der Waals surface area contributed by atoms with Crippen LogP contribution in [0.4, 0.5) is 4.79 Å². The minimum absolute atomic E-state index is 0.0325. The van der Waals surface area contributed by atoms with E-state index >= 15 is 0 Å². The normalized spacial score (nSPS) is 14.7. The van der Waals surface area contributed by atoms with Crippen LogP contribution >= 0.6 is 22.9 Å². The van der Waals surface area contributed by atoms with Crippen LogP contribution in [-0.4, -0.2) is 48.8 Å². The van der Waals surface area contributed by atoms with Crippen LogP contribution in [0.1, 0.15) is 5.69 Å². The molecule has 1 aromatic heterocycles. The van der Waals surface area contributed by atoms with Gasteiger partial charge in [-0.1, -0.05) is 29.8 Å². The Morgan fingerprint density at radius 3 is 2.91 bits per heavy atom. The van der Waals surface area contributed by atoms with Crippen molar-refractivity contribution in [3.05, 3.63) is 40.4 Å². The standard InChI is InChI=1S/C16H18ClN3O2S/c17-14-4-2-1-3-13(14)15-19-12(11-23-15)5-6-18-16(21)20-7-9-22-10-8-20/h1-4,11H,5-10H2,(H,18,21). The SMILES string of the molecule is O=C(NCCc1csc(-c2ccccc2Cl)n1)N1CCOCC1. The van der Waals surface area contributed by atoms with Gasteiger partial charge in [0.1, 0.15) is 5.01 Å². The van der Waals surface area contributed by atoms with Gasteiger partial charge in [-0.05, 0) is 6.07 Å². The number of halogens is 1. The summed E-state index contributed by atoms with van der Waals surface area (Å²) in [5, 5.41) is 6.56. The molecule has 0 unspecified atom stereocenters. The number of carbonyl (C=O) groups is 1. The number of nitrogens with one attached hydrogen (secondary N) is 1. The highest BCUT2D eigenvalue weighted by molar-refractivity contribution is 7.13. The van der Waals surface area contributed by atoms with Gasteiger partial charge in [-0.2, -0.15) is 0 Å². The second kappa shape index (κ2) is 7.77. The predicted molar refractivity (Wildman–Crippen MR) is 92.1 cm³/mol. The van der Waals surface area contributed by atoms with Crippen LogP contribution in [0.15, 0.2) is 29.6 Å². The van der Waals surface area contributed by atoms with Gasteiger partial charge in [-0.25, -0.2) is 9.78 Å². The third-order valence-electron chi connectivity index (χ3n) is 3.61. The maximum absolute atomic E-state index is 12.0. The maximum atomic E-state index is 12.0. The molecule has 1 fully saturated rings. The molecule has 0 saturated carbocycles. The number of morpholine rings is 1. The number of carbonyl (C=O) groups excluding carboxylic acids is 1. The molecule has 2 amide bonds. The summed E-state index contributed by atoms with van der Waals surface area (Å²) in [5.41, 5.74) is 1.91. The Morgan fingerprint density at radius 1 is 1.35 bits per heavy atom. The highest BCUT2D eigenvalue weighted by atomic mass is 35.5. The average molecular weight is 352 g/mol. The number of nitrogens with zero attached hydrogens (tertiary/aromatic N) is 2. The van der Waals surface area contributed by atoms with Crippen molar-refractivity contribution in [3.8, 4) is 10.6 Å². The van der Waals surface area contributed by atoms with Gasteiger partial charge in [-0.15, -0.1) is 11.3 Å². The Kier molecular flexibility index (Phi) is 5.48. The molecule has 0 radical (unpaired) electrons. The molecule has 122 valence electrons. The van der Waals surface area contributed by atoms with Crippen molar-refractivity contribution in [3.63, 3.8) is 0 Å². The number of amides is 2. The lowest BCUT2D eigenvalue weighted by Gasteiger charge is -2.26. The monoisotopic (exact) mass is 351 g/mol. The van der Waals surface area contributed by atoms with E-state index in [9.17, 15) is 4.79 Å². The highest BCUT2D eigenvalue weighted by Crippen LogP contribution is 2.30. The predicted octanol–water partition coefficient (Wildman–Crippen LogP) is 3.05. The van der Waals surface area contributed by atoms with E-state index in [-0.39, 0.29) is 6.03 Å². The van der Waals surface area contributed by atoms with Crippen LogP contribution in [0, 0.1) is 0 Å². The van der Waals surface area contributed by atoms with Crippen molar-refractivity contribution < 1.29 is 9.53 Å². The summed E-state index contributed by atoms with van der Waals surface area (Å²) < 4.78 is 5.24. The highest BCUT2D eigenvalue weighted by Gasteiger charge is 2.16. The zero-order valence-electron chi connectivity index (χ0n) is 12.6. The molecule has 1 aliphatic rings. The summed E-state index contributed by atoms with van der Waals surface area (Å²) in [5.74, 6) is 0. The van der Waals surface area contributed by atoms with Gasteiger partial charge in [-0.3, -0.25) is 0 Å². The molecule has 0 bridgehead atoms. The van der Waals surface area contributed by atoms with E-state index < -0.39 is 0 Å². The van der Waals surface area contributed by atoms with Crippen molar-refractivity contribution in [1.82, 2.24) is 15.2 Å². The summed E-state index contributed by atoms with van der Waals surface area (Å²) >= 11 is 7.76. The fraction of sp³-hybridized carbons (Fsp3) is 0.375.